The molecule has 14 heavy (non-hydrogen) atoms. The van der Waals surface area contributed by atoms with Gasteiger partial charge in [-0.25, -0.2) is 0 Å². The molecule has 1 unspecified atom stereocenters. The van der Waals surface area contributed by atoms with Crippen molar-refractivity contribution in [2.75, 3.05) is 7.11 Å². The van der Waals surface area contributed by atoms with Crippen molar-refractivity contribution in [1.82, 2.24) is 5.32 Å². The number of ether oxygens (including phenoxy) is 1. The van der Waals surface area contributed by atoms with Crippen LogP contribution < -0.4 is 10.1 Å². The second kappa shape index (κ2) is 4.65. The fourth-order valence-electron chi connectivity index (χ4n) is 1.38. The van der Waals surface area contributed by atoms with Gasteiger partial charge < -0.3 is 10.1 Å². The molecule has 0 saturated carbocycles. The smallest absolute Gasteiger partial charge is 0.207 e. The number of benzene rings is 1. The summed E-state index contributed by atoms with van der Waals surface area (Å²) in [6.45, 7) is 3.93. The zero-order chi connectivity index (χ0) is 10.6. The standard InChI is InChI=1S/C11H15NO2/c1-8-4-5-11(14-3)10(6-8)9(2)12-7-13/h4-7,9H,1-3H3,(H,12,13). The number of hydrogen-bond acceptors (Lipinski definition) is 2. The van der Waals surface area contributed by atoms with Crippen LogP contribution in [0.4, 0.5) is 0 Å². The van der Waals surface area contributed by atoms with E-state index in [1.165, 1.54) is 0 Å². The van der Waals surface area contributed by atoms with Gasteiger partial charge in [0.2, 0.25) is 6.41 Å². The van der Waals surface area contributed by atoms with Crippen LogP contribution >= 0.6 is 0 Å². The number of nitrogens with one attached hydrogen (secondary N) is 1. The predicted molar refractivity (Wildman–Crippen MR) is 55.3 cm³/mol. The first-order valence-corrected chi connectivity index (χ1v) is 4.53. The predicted octanol–water partition coefficient (Wildman–Crippen LogP) is 1.81. The molecule has 76 valence electrons. The molecule has 1 rings (SSSR count). The Kier molecular flexibility index (Phi) is 3.51. The maximum absolute atomic E-state index is 10.3. The van der Waals surface area contributed by atoms with Gasteiger partial charge in [-0.1, -0.05) is 17.7 Å². The van der Waals surface area contributed by atoms with Gasteiger partial charge in [-0.2, -0.15) is 0 Å². The van der Waals surface area contributed by atoms with Crippen LogP contribution in [0.2, 0.25) is 0 Å². The number of carbonyl (C=O) groups is 1. The zero-order valence-electron chi connectivity index (χ0n) is 8.70. The Morgan fingerprint density at radius 2 is 2.21 bits per heavy atom. The van der Waals surface area contributed by atoms with Crippen LogP contribution in [0.1, 0.15) is 24.1 Å². The second-order valence-electron chi connectivity index (χ2n) is 3.25. The number of rotatable bonds is 4. The van der Waals surface area contributed by atoms with Gasteiger partial charge in [-0.15, -0.1) is 0 Å². The Morgan fingerprint density at radius 1 is 1.50 bits per heavy atom. The van der Waals surface area contributed by atoms with E-state index in [4.69, 9.17) is 4.74 Å². The van der Waals surface area contributed by atoms with Crippen LogP contribution in [-0.2, 0) is 4.79 Å². The molecule has 3 heteroatoms. The summed E-state index contributed by atoms with van der Waals surface area (Å²) in [6.07, 6.45) is 0.701. The van der Waals surface area contributed by atoms with Gasteiger partial charge in [-0.3, -0.25) is 4.79 Å². The molecule has 1 aromatic carbocycles. The van der Waals surface area contributed by atoms with E-state index in [1.807, 2.05) is 32.0 Å². The molecule has 0 aromatic heterocycles. The van der Waals surface area contributed by atoms with Crippen molar-refractivity contribution in [3.63, 3.8) is 0 Å². The van der Waals surface area contributed by atoms with Crippen molar-refractivity contribution in [1.29, 1.82) is 0 Å². The summed E-state index contributed by atoms with van der Waals surface area (Å²) < 4.78 is 5.21. The largest absolute Gasteiger partial charge is 0.496 e. The van der Waals surface area contributed by atoms with Crippen LogP contribution in [-0.4, -0.2) is 13.5 Å². The van der Waals surface area contributed by atoms with Crippen molar-refractivity contribution < 1.29 is 9.53 Å². The Labute approximate surface area is 84.1 Å². The molecule has 0 aliphatic rings. The second-order valence-corrected chi connectivity index (χ2v) is 3.25. The third-order valence-electron chi connectivity index (χ3n) is 2.17. The topological polar surface area (TPSA) is 38.3 Å². The number of carbonyl (C=O) groups excluding carboxylic acids is 1. The lowest BCUT2D eigenvalue weighted by Gasteiger charge is -2.15. The van der Waals surface area contributed by atoms with E-state index in [0.29, 0.717) is 6.41 Å². The molecule has 0 saturated heterocycles. The number of aryl methyl sites for hydroxylation is 1. The van der Waals surface area contributed by atoms with Gasteiger partial charge in [0, 0.05) is 5.56 Å². The first-order chi connectivity index (χ1) is 6.69. The molecule has 3 nitrogen and oxygen atoms in total. The van der Waals surface area contributed by atoms with Crippen LogP contribution in [0.15, 0.2) is 18.2 Å². The maximum Gasteiger partial charge on any atom is 0.207 e. The zero-order valence-corrected chi connectivity index (χ0v) is 8.70. The molecule has 1 atom stereocenters. The highest BCUT2D eigenvalue weighted by Gasteiger charge is 2.09. The number of amides is 1. The maximum atomic E-state index is 10.3. The molecule has 0 aliphatic carbocycles. The molecule has 1 aromatic rings. The number of hydrogen-bond donors (Lipinski definition) is 1. The third kappa shape index (κ3) is 2.25. The van der Waals surface area contributed by atoms with Crippen LogP contribution in [0.3, 0.4) is 0 Å². The van der Waals surface area contributed by atoms with Crippen molar-refractivity contribution in [3.05, 3.63) is 29.3 Å². The highest BCUT2D eigenvalue weighted by molar-refractivity contribution is 5.49. The minimum Gasteiger partial charge on any atom is -0.496 e. The lowest BCUT2D eigenvalue weighted by Crippen LogP contribution is -2.16. The van der Waals surface area contributed by atoms with E-state index in [0.717, 1.165) is 16.9 Å². The molecule has 0 heterocycles. The van der Waals surface area contributed by atoms with E-state index in [-0.39, 0.29) is 6.04 Å². The Hall–Kier alpha value is -1.51. The first kappa shape index (κ1) is 10.6. The summed E-state index contributed by atoms with van der Waals surface area (Å²) in [5.74, 6) is 0.803. The minimum atomic E-state index is -0.0256. The minimum absolute atomic E-state index is 0.0256. The summed E-state index contributed by atoms with van der Waals surface area (Å²) in [5, 5.41) is 2.70. The highest BCUT2D eigenvalue weighted by atomic mass is 16.5. The average molecular weight is 193 g/mol. The summed E-state index contributed by atoms with van der Waals surface area (Å²) >= 11 is 0. The van der Waals surface area contributed by atoms with Crippen molar-refractivity contribution >= 4 is 6.41 Å². The van der Waals surface area contributed by atoms with E-state index >= 15 is 0 Å². The van der Waals surface area contributed by atoms with Gasteiger partial charge in [0.25, 0.3) is 0 Å². The lowest BCUT2D eigenvalue weighted by atomic mass is 10.0. The molecular weight excluding hydrogens is 178 g/mol. The Balaban J connectivity index is 3.02. The normalized spacial score (nSPS) is 11.9. The summed E-state index contributed by atoms with van der Waals surface area (Å²) in [7, 11) is 1.63. The molecule has 1 amide bonds. The highest BCUT2D eigenvalue weighted by Crippen LogP contribution is 2.25. The molecule has 0 fully saturated rings. The SMILES string of the molecule is COc1ccc(C)cc1C(C)NC=O. The van der Waals surface area contributed by atoms with Crippen molar-refractivity contribution in [3.8, 4) is 5.75 Å². The van der Waals surface area contributed by atoms with Gasteiger partial charge >= 0.3 is 0 Å². The Morgan fingerprint density at radius 3 is 2.79 bits per heavy atom. The van der Waals surface area contributed by atoms with Crippen molar-refractivity contribution in [2.45, 2.75) is 19.9 Å². The third-order valence-corrected chi connectivity index (χ3v) is 2.17. The lowest BCUT2D eigenvalue weighted by molar-refractivity contribution is -0.110. The van der Waals surface area contributed by atoms with Crippen molar-refractivity contribution in [2.24, 2.45) is 0 Å². The van der Waals surface area contributed by atoms with E-state index in [1.54, 1.807) is 7.11 Å². The molecule has 0 radical (unpaired) electrons. The quantitative estimate of drug-likeness (QED) is 0.740. The molecule has 0 spiro atoms. The van der Waals surface area contributed by atoms with E-state index < -0.39 is 0 Å². The summed E-state index contributed by atoms with van der Waals surface area (Å²) in [6, 6.07) is 5.88. The van der Waals surface area contributed by atoms with E-state index in [2.05, 4.69) is 5.32 Å². The Bertz CT molecular complexity index is 323. The van der Waals surface area contributed by atoms with Gasteiger partial charge in [-0.05, 0) is 19.9 Å². The van der Waals surface area contributed by atoms with E-state index in [9.17, 15) is 4.79 Å². The molecule has 1 N–H and O–H groups in total. The molecule has 0 aliphatic heterocycles. The fourth-order valence-corrected chi connectivity index (χ4v) is 1.38. The molecular formula is C11H15NO2. The fraction of sp³-hybridized carbons (Fsp3) is 0.364. The van der Waals surface area contributed by atoms with Crippen LogP contribution in [0.25, 0.3) is 0 Å². The monoisotopic (exact) mass is 193 g/mol. The first-order valence-electron chi connectivity index (χ1n) is 4.53. The van der Waals surface area contributed by atoms with Crippen LogP contribution in [0.5, 0.6) is 5.75 Å². The van der Waals surface area contributed by atoms with Gasteiger partial charge in [0.05, 0.1) is 13.2 Å². The summed E-state index contributed by atoms with van der Waals surface area (Å²) in [5.41, 5.74) is 2.15. The van der Waals surface area contributed by atoms with Gasteiger partial charge in [0.15, 0.2) is 0 Å². The van der Waals surface area contributed by atoms with Crippen LogP contribution in [0, 0.1) is 6.92 Å². The summed E-state index contributed by atoms with van der Waals surface area (Å²) in [4.78, 5) is 10.3. The average Bonchev–Trinajstić information content (AvgIpc) is 2.18. The number of methoxy groups -OCH3 is 1. The van der Waals surface area contributed by atoms with Gasteiger partial charge in [0.1, 0.15) is 5.75 Å². The molecule has 0 bridgehead atoms.